The molecule has 2 rings (SSSR count). The lowest BCUT2D eigenvalue weighted by Gasteiger charge is -2.10. The summed E-state index contributed by atoms with van der Waals surface area (Å²) in [6.07, 6.45) is 0. The van der Waals surface area contributed by atoms with Gasteiger partial charge in [0.15, 0.2) is 5.95 Å². The fourth-order valence-electron chi connectivity index (χ4n) is 1.44. The predicted octanol–water partition coefficient (Wildman–Crippen LogP) is 1.09. The largest absolute Gasteiger partial charge is 0.492 e. The molecular formula is C11H16N4O. The summed E-state index contributed by atoms with van der Waals surface area (Å²) in [5, 5.41) is 0. The predicted molar refractivity (Wildman–Crippen MR) is 64.6 cm³/mol. The van der Waals surface area contributed by atoms with Gasteiger partial charge >= 0.3 is 0 Å². The average molecular weight is 220 g/mol. The van der Waals surface area contributed by atoms with Crippen LogP contribution in [0, 0.1) is 0 Å². The van der Waals surface area contributed by atoms with Crippen molar-refractivity contribution in [2.45, 2.75) is 0 Å². The van der Waals surface area contributed by atoms with E-state index >= 15 is 0 Å². The lowest BCUT2D eigenvalue weighted by atomic mass is 10.3. The monoisotopic (exact) mass is 220 g/mol. The first kappa shape index (κ1) is 10.8. The van der Waals surface area contributed by atoms with E-state index in [1.807, 2.05) is 32.3 Å². The highest BCUT2D eigenvalue weighted by molar-refractivity contribution is 5.78. The first-order valence-electron chi connectivity index (χ1n) is 5.18. The SMILES string of the molecule is CN(C)CCOc1ccc2nc(N)[nH]c2c1. The number of likely N-dealkylation sites (N-methyl/N-ethyl adjacent to an activating group) is 1. The minimum Gasteiger partial charge on any atom is -0.492 e. The summed E-state index contributed by atoms with van der Waals surface area (Å²) in [6.45, 7) is 1.56. The molecule has 5 nitrogen and oxygen atoms in total. The highest BCUT2D eigenvalue weighted by atomic mass is 16.5. The van der Waals surface area contributed by atoms with Crippen molar-refractivity contribution >= 4 is 17.0 Å². The zero-order valence-corrected chi connectivity index (χ0v) is 9.53. The second kappa shape index (κ2) is 4.40. The van der Waals surface area contributed by atoms with Gasteiger partial charge < -0.3 is 20.4 Å². The van der Waals surface area contributed by atoms with Crippen LogP contribution in [0.2, 0.25) is 0 Å². The normalized spacial score (nSPS) is 11.2. The summed E-state index contributed by atoms with van der Waals surface area (Å²) < 4.78 is 5.60. The number of nitrogens with zero attached hydrogens (tertiary/aromatic N) is 2. The van der Waals surface area contributed by atoms with E-state index in [0.717, 1.165) is 23.3 Å². The number of nitrogen functional groups attached to an aromatic ring is 1. The number of benzene rings is 1. The molecule has 0 spiro atoms. The van der Waals surface area contributed by atoms with Crippen molar-refractivity contribution in [3.63, 3.8) is 0 Å². The Morgan fingerprint density at radius 3 is 3.00 bits per heavy atom. The van der Waals surface area contributed by atoms with Gasteiger partial charge in [-0.15, -0.1) is 0 Å². The van der Waals surface area contributed by atoms with E-state index in [2.05, 4.69) is 14.9 Å². The first-order valence-corrected chi connectivity index (χ1v) is 5.18. The molecule has 0 bridgehead atoms. The molecule has 0 amide bonds. The standard InChI is InChI=1S/C11H16N4O/c1-15(2)5-6-16-8-3-4-9-10(7-8)14-11(12)13-9/h3-4,7H,5-6H2,1-2H3,(H3,12,13,14). The van der Waals surface area contributed by atoms with Crippen LogP contribution in [0.15, 0.2) is 18.2 Å². The molecule has 0 atom stereocenters. The van der Waals surface area contributed by atoms with Crippen molar-refractivity contribution in [1.29, 1.82) is 0 Å². The van der Waals surface area contributed by atoms with Gasteiger partial charge in [-0.05, 0) is 26.2 Å². The van der Waals surface area contributed by atoms with Gasteiger partial charge in [-0.3, -0.25) is 0 Å². The lowest BCUT2D eigenvalue weighted by molar-refractivity contribution is 0.261. The number of ether oxygens (including phenoxy) is 1. The Labute approximate surface area is 94.2 Å². The van der Waals surface area contributed by atoms with E-state index in [0.29, 0.717) is 12.6 Å². The molecule has 86 valence electrons. The molecular weight excluding hydrogens is 204 g/mol. The number of aromatic amines is 1. The smallest absolute Gasteiger partial charge is 0.198 e. The van der Waals surface area contributed by atoms with Gasteiger partial charge in [-0.1, -0.05) is 0 Å². The van der Waals surface area contributed by atoms with E-state index in [4.69, 9.17) is 10.5 Å². The minimum atomic E-state index is 0.431. The third-order valence-electron chi connectivity index (χ3n) is 2.28. The number of rotatable bonds is 4. The molecule has 0 aliphatic rings. The zero-order chi connectivity index (χ0) is 11.5. The van der Waals surface area contributed by atoms with E-state index in [1.54, 1.807) is 0 Å². The van der Waals surface area contributed by atoms with Gasteiger partial charge in [0.05, 0.1) is 11.0 Å². The van der Waals surface area contributed by atoms with Gasteiger partial charge in [0.1, 0.15) is 12.4 Å². The third kappa shape index (κ3) is 2.43. The number of nitrogens with two attached hydrogens (primary N) is 1. The summed E-state index contributed by atoms with van der Waals surface area (Å²) in [6, 6.07) is 5.71. The molecule has 0 fully saturated rings. The molecule has 0 saturated heterocycles. The van der Waals surface area contributed by atoms with Gasteiger partial charge in [-0.25, -0.2) is 4.98 Å². The number of aromatic nitrogens is 2. The fraction of sp³-hybridized carbons (Fsp3) is 0.364. The summed E-state index contributed by atoms with van der Waals surface area (Å²) in [7, 11) is 4.03. The van der Waals surface area contributed by atoms with Crippen LogP contribution in [0.5, 0.6) is 5.75 Å². The summed E-state index contributed by atoms with van der Waals surface area (Å²) in [4.78, 5) is 9.17. The molecule has 0 unspecified atom stereocenters. The number of hydrogen-bond acceptors (Lipinski definition) is 4. The van der Waals surface area contributed by atoms with Crippen LogP contribution in [-0.2, 0) is 0 Å². The number of anilines is 1. The van der Waals surface area contributed by atoms with E-state index in [9.17, 15) is 0 Å². The topological polar surface area (TPSA) is 67.2 Å². The van der Waals surface area contributed by atoms with Gasteiger partial charge in [0.2, 0.25) is 0 Å². The van der Waals surface area contributed by atoms with Crippen molar-refractivity contribution in [2.75, 3.05) is 33.0 Å². The van der Waals surface area contributed by atoms with Crippen LogP contribution in [0.1, 0.15) is 0 Å². The van der Waals surface area contributed by atoms with Crippen molar-refractivity contribution in [3.8, 4) is 5.75 Å². The highest BCUT2D eigenvalue weighted by Crippen LogP contribution is 2.19. The number of imidazole rings is 1. The number of fused-ring (bicyclic) bond motifs is 1. The van der Waals surface area contributed by atoms with Gasteiger partial charge in [-0.2, -0.15) is 0 Å². The summed E-state index contributed by atoms with van der Waals surface area (Å²) in [5.41, 5.74) is 7.33. The van der Waals surface area contributed by atoms with E-state index in [1.165, 1.54) is 0 Å². The Hall–Kier alpha value is -1.75. The number of hydrogen-bond donors (Lipinski definition) is 2. The third-order valence-corrected chi connectivity index (χ3v) is 2.28. The highest BCUT2D eigenvalue weighted by Gasteiger charge is 2.01. The number of nitrogens with one attached hydrogen (secondary N) is 1. The molecule has 1 heterocycles. The van der Waals surface area contributed by atoms with E-state index in [-0.39, 0.29) is 0 Å². The van der Waals surface area contributed by atoms with Crippen molar-refractivity contribution < 1.29 is 4.74 Å². The van der Waals surface area contributed by atoms with Crippen LogP contribution < -0.4 is 10.5 Å². The number of H-pyrrole nitrogens is 1. The van der Waals surface area contributed by atoms with Gasteiger partial charge in [0.25, 0.3) is 0 Å². The van der Waals surface area contributed by atoms with Crippen LogP contribution >= 0.6 is 0 Å². The fourth-order valence-corrected chi connectivity index (χ4v) is 1.44. The molecule has 0 aliphatic heterocycles. The molecule has 5 heteroatoms. The Kier molecular flexibility index (Phi) is 2.96. The maximum atomic E-state index is 5.60. The summed E-state index contributed by atoms with van der Waals surface area (Å²) >= 11 is 0. The second-order valence-corrected chi connectivity index (χ2v) is 3.95. The molecule has 0 radical (unpaired) electrons. The van der Waals surface area contributed by atoms with Crippen molar-refractivity contribution in [2.24, 2.45) is 0 Å². The van der Waals surface area contributed by atoms with Crippen LogP contribution in [0.3, 0.4) is 0 Å². The molecule has 16 heavy (non-hydrogen) atoms. The first-order chi connectivity index (χ1) is 7.65. The van der Waals surface area contributed by atoms with Crippen molar-refractivity contribution in [3.05, 3.63) is 18.2 Å². The quantitative estimate of drug-likeness (QED) is 0.809. The van der Waals surface area contributed by atoms with Crippen LogP contribution in [0.25, 0.3) is 11.0 Å². The van der Waals surface area contributed by atoms with Gasteiger partial charge in [0, 0.05) is 12.6 Å². The zero-order valence-electron chi connectivity index (χ0n) is 9.53. The molecule has 0 saturated carbocycles. The molecule has 1 aromatic heterocycles. The Morgan fingerprint density at radius 2 is 2.25 bits per heavy atom. The van der Waals surface area contributed by atoms with Crippen molar-refractivity contribution in [1.82, 2.24) is 14.9 Å². The van der Waals surface area contributed by atoms with Crippen LogP contribution in [0.4, 0.5) is 5.95 Å². The Balaban J connectivity index is 2.07. The second-order valence-electron chi connectivity index (χ2n) is 3.95. The lowest BCUT2D eigenvalue weighted by Crippen LogP contribution is -2.19. The molecule has 2 aromatic rings. The maximum absolute atomic E-state index is 5.60. The average Bonchev–Trinajstić information content (AvgIpc) is 2.56. The Bertz CT molecular complexity index is 478. The Morgan fingerprint density at radius 1 is 1.44 bits per heavy atom. The summed E-state index contributed by atoms with van der Waals surface area (Å²) in [5.74, 6) is 1.26. The molecule has 1 aromatic carbocycles. The molecule has 0 aliphatic carbocycles. The van der Waals surface area contributed by atoms with E-state index < -0.39 is 0 Å². The minimum absolute atomic E-state index is 0.431. The van der Waals surface area contributed by atoms with Crippen LogP contribution in [-0.4, -0.2) is 42.1 Å². The maximum Gasteiger partial charge on any atom is 0.198 e. The molecule has 3 N–H and O–H groups in total.